The lowest BCUT2D eigenvalue weighted by Crippen LogP contribution is -2.26. The minimum Gasteiger partial charge on any atom is -0.368 e. The minimum atomic E-state index is -0.260. The van der Waals surface area contributed by atoms with Crippen LogP contribution in [0.25, 0.3) is 5.78 Å². The molecule has 1 aliphatic rings. The molecule has 0 fully saturated rings. The Morgan fingerprint density at radius 1 is 1.22 bits per heavy atom. The Balaban J connectivity index is 1.67. The lowest BCUT2D eigenvalue weighted by atomic mass is 10.3. The van der Waals surface area contributed by atoms with Crippen LogP contribution in [0.1, 0.15) is 33.3 Å². The largest absolute Gasteiger partial charge is 0.368 e. The van der Waals surface area contributed by atoms with Gasteiger partial charge in [-0.1, -0.05) is 0 Å². The molecule has 2 N–H and O–H groups in total. The molecule has 9 nitrogen and oxygen atoms in total. The first kappa shape index (κ1) is 13.6. The molecule has 116 valence electrons. The van der Waals surface area contributed by atoms with Crippen LogP contribution in [-0.2, 0) is 13.1 Å². The number of rotatable bonds is 1. The topological polar surface area (TPSA) is 115 Å². The van der Waals surface area contributed by atoms with Gasteiger partial charge in [-0.25, -0.2) is 19.5 Å². The Morgan fingerprint density at radius 3 is 2.87 bits per heavy atom. The SMILES string of the molecule is Cc1cc(C)n2nc(C(=O)N3Cc4cnc(N)nc4C3)nc2n1. The van der Waals surface area contributed by atoms with Crippen LogP contribution in [0, 0.1) is 13.8 Å². The van der Waals surface area contributed by atoms with Gasteiger partial charge < -0.3 is 10.6 Å². The highest BCUT2D eigenvalue weighted by molar-refractivity contribution is 5.91. The Labute approximate surface area is 131 Å². The molecule has 1 aliphatic heterocycles. The summed E-state index contributed by atoms with van der Waals surface area (Å²) in [5.74, 6) is 0.495. The number of carbonyl (C=O) groups is 1. The van der Waals surface area contributed by atoms with Gasteiger partial charge in [-0.2, -0.15) is 4.98 Å². The molecule has 0 saturated carbocycles. The maximum absolute atomic E-state index is 12.6. The Morgan fingerprint density at radius 2 is 2.04 bits per heavy atom. The average molecular weight is 310 g/mol. The van der Waals surface area contributed by atoms with Crippen molar-refractivity contribution in [3.05, 3.63) is 40.7 Å². The van der Waals surface area contributed by atoms with E-state index < -0.39 is 0 Å². The molecule has 0 atom stereocenters. The van der Waals surface area contributed by atoms with Gasteiger partial charge in [0.2, 0.25) is 11.8 Å². The van der Waals surface area contributed by atoms with Crippen molar-refractivity contribution in [2.75, 3.05) is 5.73 Å². The molecule has 4 rings (SSSR count). The van der Waals surface area contributed by atoms with Crippen molar-refractivity contribution in [3.63, 3.8) is 0 Å². The maximum Gasteiger partial charge on any atom is 0.294 e. The summed E-state index contributed by atoms with van der Waals surface area (Å²) < 4.78 is 1.57. The second-order valence-electron chi connectivity index (χ2n) is 5.55. The van der Waals surface area contributed by atoms with Gasteiger partial charge in [0.05, 0.1) is 12.2 Å². The van der Waals surface area contributed by atoms with Gasteiger partial charge in [-0.05, 0) is 19.9 Å². The number of carbonyl (C=O) groups excluding carboxylic acids is 1. The number of nitrogens with zero attached hydrogens (tertiary/aromatic N) is 7. The van der Waals surface area contributed by atoms with Gasteiger partial charge in [0, 0.05) is 29.7 Å². The molecule has 0 bridgehead atoms. The zero-order chi connectivity index (χ0) is 16.1. The number of amides is 1. The van der Waals surface area contributed by atoms with Crippen LogP contribution in [0.3, 0.4) is 0 Å². The predicted molar refractivity (Wildman–Crippen MR) is 80.3 cm³/mol. The molecular weight excluding hydrogens is 296 g/mol. The first-order valence-corrected chi connectivity index (χ1v) is 7.12. The van der Waals surface area contributed by atoms with Gasteiger partial charge in [-0.15, -0.1) is 5.10 Å². The monoisotopic (exact) mass is 310 g/mol. The van der Waals surface area contributed by atoms with Crippen molar-refractivity contribution in [1.29, 1.82) is 0 Å². The summed E-state index contributed by atoms with van der Waals surface area (Å²) in [5.41, 5.74) is 8.95. The van der Waals surface area contributed by atoms with Crippen molar-refractivity contribution in [1.82, 2.24) is 34.4 Å². The zero-order valence-electron chi connectivity index (χ0n) is 12.7. The highest BCUT2D eigenvalue weighted by Gasteiger charge is 2.28. The molecule has 0 saturated heterocycles. The zero-order valence-corrected chi connectivity index (χ0v) is 12.7. The van der Waals surface area contributed by atoms with Gasteiger partial charge in [-0.3, -0.25) is 4.79 Å². The van der Waals surface area contributed by atoms with E-state index in [4.69, 9.17) is 5.73 Å². The van der Waals surface area contributed by atoms with Gasteiger partial charge in [0.15, 0.2) is 0 Å². The smallest absolute Gasteiger partial charge is 0.294 e. The summed E-state index contributed by atoms with van der Waals surface area (Å²) >= 11 is 0. The third-order valence-corrected chi connectivity index (χ3v) is 3.77. The standard InChI is InChI=1S/C14H14N8O/c1-7-3-8(2)22-14(17-7)19-11(20-22)12(23)21-5-9-4-16-13(15)18-10(9)6-21/h3-4H,5-6H2,1-2H3,(H2,15,16,18). The normalized spacial score (nSPS) is 13.6. The molecule has 9 heteroatoms. The lowest BCUT2D eigenvalue weighted by molar-refractivity contribution is 0.0738. The molecule has 4 heterocycles. The van der Waals surface area contributed by atoms with E-state index in [1.54, 1.807) is 15.6 Å². The maximum atomic E-state index is 12.6. The lowest BCUT2D eigenvalue weighted by Gasteiger charge is -2.11. The molecule has 23 heavy (non-hydrogen) atoms. The van der Waals surface area contributed by atoms with Crippen LogP contribution in [0.5, 0.6) is 0 Å². The number of hydrogen-bond acceptors (Lipinski definition) is 7. The molecule has 0 unspecified atom stereocenters. The van der Waals surface area contributed by atoms with E-state index in [1.165, 1.54) is 0 Å². The highest BCUT2D eigenvalue weighted by Crippen LogP contribution is 2.22. The molecular formula is C14H14N8O. The minimum absolute atomic E-state index is 0.125. The summed E-state index contributed by atoms with van der Waals surface area (Å²) in [6.07, 6.45) is 1.65. The van der Waals surface area contributed by atoms with Crippen LogP contribution in [-0.4, -0.2) is 40.4 Å². The van der Waals surface area contributed by atoms with E-state index in [2.05, 4.69) is 25.0 Å². The quantitative estimate of drug-likeness (QED) is 0.685. The fourth-order valence-corrected chi connectivity index (χ4v) is 2.71. The first-order valence-electron chi connectivity index (χ1n) is 7.12. The second-order valence-corrected chi connectivity index (χ2v) is 5.55. The van der Waals surface area contributed by atoms with Crippen molar-refractivity contribution in [2.45, 2.75) is 26.9 Å². The predicted octanol–water partition coefficient (Wildman–Crippen LogP) is 0.269. The van der Waals surface area contributed by atoms with Gasteiger partial charge in [0.25, 0.3) is 11.7 Å². The Bertz CT molecular complexity index is 947. The van der Waals surface area contributed by atoms with E-state index in [-0.39, 0.29) is 17.7 Å². The van der Waals surface area contributed by atoms with Crippen LogP contribution < -0.4 is 5.73 Å². The van der Waals surface area contributed by atoms with Crippen molar-refractivity contribution < 1.29 is 4.79 Å². The fourth-order valence-electron chi connectivity index (χ4n) is 2.71. The number of fused-ring (bicyclic) bond motifs is 2. The summed E-state index contributed by atoms with van der Waals surface area (Å²) in [7, 11) is 0. The van der Waals surface area contributed by atoms with Crippen LogP contribution in [0.15, 0.2) is 12.3 Å². The van der Waals surface area contributed by atoms with Crippen LogP contribution in [0.2, 0.25) is 0 Å². The van der Waals surface area contributed by atoms with Crippen molar-refractivity contribution in [2.24, 2.45) is 0 Å². The van der Waals surface area contributed by atoms with Crippen LogP contribution >= 0.6 is 0 Å². The van der Waals surface area contributed by atoms with Gasteiger partial charge in [0.1, 0.15) is 0 Å². The van der Waals surface area contributed by atoms with E-state index in [0.717, 1.165) is 22.6 Å². The van der Waals surface area contributed by atoms with Crippen molar-refractivity contribution in [3.8, 4) is 0 Å². The fraction of sp³-hybridized carbons (Fsp3) is 0.286. The number of nitrogen functional groups attached to an aromatic ring is 1. The third kappa shape index (κ3) is 2.17. The number of nitrogens with two attached hydrogens (primary N) is 1. The molecule has 3 aromatic heterocycles. The summed E-state index contributed by atoms with van der Waals surface area (Å²) in [6, 6.07) is 1.89. The number of aromatic nitrogens is 6. The third-order valence-electron chi connectivity index (χ3n) is 3.77. The molecule has 0 spiro atoms. The van der Waals surface area contributed by atoms with E-state index >= 15 is 0 Å². The van der Waals surface area contributed by atoms with E-state index in [9.17, 15) is 4.79 Å². The average Bonchev–Trinajstić information content (AvgIpc) is 3.09. The van der Waals surface area contributed by atoms with Crippen molar-refractivity contribution >= 4 is 17.6 Å². The molecule has 3 aromatic rings. The summed E-state index contributed by atoms with van der Waals surface area (Å²) in [5, 5.41) is 4.27. The first-order chi connectivity index (χ1) is 11.0. The van der Waals surface area contributed by atoms with E-state index in [0.29, 0.717) is 18.9 Å². The summed E-state index contributed by atoms with van der Waals surface area (Å²) in [6.45, 7) is 4.58. The highest BCUT2D eigenvalue weighted by atomic mass is 16.2. The Kier molecular flexibility index (Phi) is 2.77. The van der Waals surface area contributed by atoms with E-state index in [1.807, 2.05) is 19.9 Å². The van der Waals surface area contributed by atoms with Gasteiger partial charge >= 0.3 is 0 Å². The number of anilines is 1. The number of aryl methyl sites for hydroxylation is 2. The Hall–Kier alpha value is -3.10. The summed E-state index contributed by atoms with van der Waals surface area (Å²) in [4.78, 5) is 30.9. The van der Waals surface area contributed by atoms with Crippen LogP contribution in [0.4, 0.5) is 5.95 Å². The molecule has 0 aromatic carbocycles. The molecule has 1 amide bonds. The molecule has 0 radical (unpaired) electrons. The second kappa shape index (κ2) is 4.70. The molecule has 0 aliphatic carbocycles. The number of hydrogen-bond donors (Lipinski definition) is 1.